The van der Waals surface area contributed by atoms with Crippen LogP contribution in [-0.2, 0) is 0 Å². The van der Waals surface area contributed by atoms with Crippen LogP contribution in [0.25, 0.3) is 0 Å². The van der Waals surface area contributed by atoms with Crippen molar-refractivity contribution in [2.24, 2.45) is 5.73 Å². The minimum Gasteiger partial charge on any atom is -0.393 e. The molecule has 2 atom stereocenters. The monoisotopic (exact) mass is 115 g/mol. The molecule has 0 saturated heterocycles. The minimum absolute atomic E-state index is 0.0839. The van der Waals surface area contributed by atoms with Gasteiger partial charge in [-0.3, -0.25) is 0 Å². The Hall–Kier alpha value is -0.0800. The average molecular weight is 115 g/mol. The van der Waals surface area contributed by atoms with E-state index in [1.54, 1.807) is 0 Å². The van der Waals surface area contributed by atoms with Gasteiger partial charge in [0.15, 0.2) is 0 Å². The Balaban J connectivity index is 2.44. The summed E-state index contributed by atoms with van der Waals surface area (Å²) in [7, 11) is 0. The van der Waals surface area contributed by atoms with Crippen LogP contribution >= 0.6 is 0 Å². The second-order valence-electron chi connectivity index (χ2n) is 3.05. The molecular formula is C6H13NO. The number of aliphatic hydroxyl groups is 1. The van der Waals surface area contributed by atoms with Crippen molar-refractivity contribution < 1.29 is 5.11 Å². The third-order valence-electron chi connectivity index (χ3n) is 1.75. The molecule has 1 aliphatic rings. The van der Waals surface area contributed by atoms with E-state index in [-0.39, 0.29) is 11.6 Å². The van der Waals surface area contributed by atoms with Crippen molar-refractivity contribution in [3.05, 3.63) is 0 Å². The molecule has 1 saturated carbocycles. The van der Waals surface area contributed by atoms with Gasteiger partial charge < -0.3 is 10.8 Å². The molecule has 0 aliphatic heterocycles. The topological polar surface area (TPSA) is 46.2 Å². The number of hydrogen-bond donors (Lipinski definition) is 2. The summed E-state index contributed by atoms with van der Waals surface area (Å²) in [5, 5.41) is 8.98. The van der Waals surface area contributed by atoms with Crippen LogP contribution in [0.4, 0.5) is 0 Å². The molecule has 2 nitrogen and oxygen atoms in total. The molecule has 1 rings (SSSR count). The van der Waals surface area contributed by atoms with E-state index >= 15 is 0 Å². The number of hydrogen-bond acceptors (Lipinski definition) is 2. The van der Waals surface area contributed by atoms with Gasteiger partial charge in [-0.25, -0.2) is 0 Å². The maximum atomic E-state index is 8.98. The van der Waals surface area contributed by atoms with Gasteiger partial charge in [-0.2, -0.15) is 0 Å². The van der Waals surface area contributed by atoms with Crippen molar-refractivity contribution in [2.45, 2.75) is 37.8 Å². The van der Waals surface area contributed by atoms with E-state index in [0.717, 1.165) is 19.3 Å². The van der Waals surface area contributed by atoms with Crippen molar-refractivity contribution in [1.82, 2.24) is 0 Å². The van der Waals surface area contributed by atoms with E-state index in [1.165, 1.54) is 0 Å². The van der Waals surface area contributed by atoms with Gasteiger partial charge in [0, 0.05) is 5.54 Å². The zero-order valence-corrected chi connectivity index (χ0v) is 5.22. The highest BCUT2D eigenvalue weighted by molar-refractivity contribution is 4.88. The van der Waals surface area contributed by atoms with Crippen LogP contribution in [0, 0.1) is 0 Å². The molecule has 1 aliphatic carbocycles. The summed E-state index contributed by atoms with van der Waals surface area (Å²) in [5.74, 6) is 0. The first kappa shape index (κ1) is 6.05. The van der Waals surface area contributed by atoms with Crippen LogP contribution in [0.1, 0.15) is 26.2 Å². The van der Waals surface area contributed by atoms with Crippen LogP contribution in [0.5, 0.6) is 0 Å². The lowest BCUT2D eigenvalue weighted by atomic mass is 10.0. The summed E-state index contributed by atoms with van der Waals surface area (Å²) in [6, 6.07) is 0. The van der Waals surface area contributed by atoms with E-state index in [1.807, 2.05) is 6.92 Å². The fraction of sp³-hybridized carbons (Fsp3) is 1.00. The summed E-state index contributed by atoms with van der Waals surface area (Å²) >= 11 is 0. The Labute approximate surface area is 49.7 Å². The van der Waals surface area contributed by atoms with E-state index in [0.29, 0.717) is 0 Å². The zero-order chi connectivity index (χ0) is 6.20. The maximum Gasteiger partial charge on any atom is 0.0558 e. The zero-order valence-electron chi connectivity index (χ0n) is 5.22. The molecule has 3 N–H and O–H groups in total. The van der Waals surface area contributed by atoms with E-state index in [9.17, 15) is 0 Å². The highest BCUT2D eigenvalue weighted by Crippen LogP contribution is 2.26. The SMILES string of the molecule is C[C@]1(N)CC[C@@H](O)C1. The molecule has 0 aromatic carbocycles. The van der Waals surface area contributed by atoms with Crippen LogP contribution in [0.15, 0.2) is 0 Å². The van der Waals surface area contributed by atoms with Crippen molar-refractivity contribution in [2.75, 3.05) is 0 Å². The van der Waals surface area contributed by atoms with E-state index in [2.05, 4.69) is 0 Å². The minimum atomic E-state index is -0.134. The van der Waals surface area contributed by atoms with Gasteiger partial charge in [0.25, 0.3) is 0 Å². The molecule has 8 heavy (non-hydrogen) atoms. The van der Waals surface area contributed by atoms with Crippen LogP contribution in [-0.4, -0.2) is 16.7 Å². The summed E-state index contributed by atoms with van der Waals surface area (Å²) < 4.78 is 0. The molecule has 0 aromatic rings. The van der Waals surface area contributed by atoms with Crippen molar-refractivity contribution >= 4 is 0 Å². The Bertz CT molecular complexity index is 90.5. The third-order valence-corrected chi connectivity index (χ3v) is 1.75. The molecule has 0 bridgehead atoms. The Kier molecular flexibility index (Phi) is 1.29. The summed E-state index contributed by atoms with van der Waals surface area (Å²) in [5.41, 5.74) is 5.62. The molecule has 0 spiro atoms. The molecule has 1 fully saturated rings. The maximum absolute atomic E-state index is 8.98. The van der Waals surface area contributed by atoms with Gasteiger partial charge in [0.1, 0.15) is 0 Å². The smallest absolute Gasteiger partial charge is 0.0558 e. The average Bonchev–Trinajstić information content (AvgIpc) is 1.82. The summed E-state index contributed by atoms with van der Waals surface area (Å²) in [4.78, 5) is 0. The summed E-state index contributed by atoms with van der Waals surface area (Å²) in [6.45, 7) is 1.99. The fourth-order valence-electron chi connectivity index (χ4n) is 1.24. The first-order valence-corrected chi connectivity index (χ1v) is 3.07. The highest BCUT2D eigenvalue weighted by Gasteiger charge is 2.29. The molecule has 2 heteroatoms. The standard InChI is InChI=1S/C6H13NO/c1-6(7)3-2-5(8)4-6/h5,8H,2-4,7H2,1H3/t5-,6+/m1/s1. The first-order chi connectivity index (χ1) is 3.60. The van der Waals surface area contributed by atoms with Crippen molar-refractivity contribution in [1.29, 1.82) is 0 Å². The lowest BCUT2D eigenvalue weighted by molar-refractivity contribution is 0.176. The van der Waals surface area contributed by atoms with Gasteiger partial charge in [-0.05, 0) is 26.2 Å². The second kappa shape index (κ2) is 1.71. The van der Waals surface area contributed by atoms with Gasteiger partial charge in [-0.15, -0.1) is 0 Å². The number of rotatable bonds is 0. The number of aliphatic hydroxyl groups excluding tert-OH is 1. The number of nitrogens with two attached hydrogens (primary N) is 1. The van der Waals surface area contributed by atoms with Gasteiger partial charge >= 0.3 is 0 Å². The quantitative estimate of drug-likeness (QED) is 0.475. The Morgan fingerprint density at radius 3 is 2.50 bits per heavy atom. The van der Waals surface area contributed by atoms with E-state index < -0.39 is 0 Å². The highest BCUT2D eigenvalue weighted by atomic mass is 16.3. The lowest BCUT2D eigenvalue weighted by Crippen LogP contribution is -2.32. The van der Waals surface area contributed by atoms with E-state index in [4.69, 9.17) is 10.8 Å². The molecular weight excluding hydrogens is 102 g/mol. The van der Waals surface area contributed by atoms with Crippen LogP contribution in [0.2, 0.25) is 0 Å². The molecule has 0 heterocycles. The molecule has 0 aromatic heterocycles. The predicted molar refractivity (Wildman–Crippen MR) is 32.5 cm³/mol. The molecule has 0 radical (unpaired) electrons. The predicted octanol–water partition coefficient (Wildman–Crippen LogP) is 0.249. The molecule has 0 amide bonds. The van der Waals surface area contributed by atoms with Gasteiger partial charge in [0.05, 0.1) is 6.10 Å². The lowest BCUT2D eigenvalue weighted by Gasteiger charge is -2.14. The van der Waals surface area contributed by atoms with Gasteiger partial charge in [-0.1, -0.05) is 0 Å². The van der Waals surface area contributed by atoms with Gasteiger partial charge in [0.2, 0.25) is 0 Å². The Morgan fingerprint density at radius 1 is 1.75 bits per heavy atom. The van der Waals surface area contributed by atoms with Crippen molar-refractivity contribution in [3.63, 3.8) is 0 Å². The fourth-order valence-corrected chi connectivity index (χ4v) is 1.24. The normalized spacial score (nSPS) is 47.6. The molecule has 0 unspecified atom stereocenters. The second-order valence-corrected chi connectivity index (χ2v) is 3.05. The Morgan fingerprint density at radius 2 is 2.38 bits per heavy atom. The van der Waals surface area contributed by atoms with Crippen LogP contribution in [0.3, 0.4) is 0 Å². The summed E-state index contributed by atoms with van der Waals surface area (Å²) in [6.07, 6.45) is 2.48. The van der Waals surface area contributed by atoms with Crippen molar-refractivity contribution in [3.8, 4) is 0 Å². The molecule has 48 valence electrons. The van der Waals surface area contributed by atoms with Crippen LogP contribution < -0.4 is 5.73 Å². The largest absolute Gasteiger partial charge is 0.393 e. The third kappa shape index (κ3) is 1.20. The first-order valence-electron chi connectivity index (χ1n) is 3.07.